The van der Waals surface area contributed by atoms with Gasteiger partial charge in [-0.3, -0.25) is 9.59 Å². The number of halogens is 1. The van der Waals surface area contributed by atoms with Gasteiger partial charge in [-0.25, -0.2) is 9.07 Å². The lowest BCUT2D eigenvalue weighted by Crippen LogP contribution is -2.25. The maximum absolute atomic E-state index is 15.0. The van der Waals surface area contributed by atoms with Crippen LogP contribution in [0.15, 0.2) is 72.8 Å². The van der Waals surface area contributed by atoms with Gasteiger partial charge in [0, 0.05) is 18.5 Å². The van der Waals surface area contributed by atoms with Crippen LogP contribution in [0.5, 0.6) is 0 Å². The van der Waals surface area contributed by atoms with Gasteiger partial charge in [0.05, 0.1) is 17.4 Å². The molecule has 1 aliphatic carbocycles. The predicted molar refractivity (Wildman–Crippen MR) is 148 cm³/mol. The number of nitrogens with one attached hydrogen (secondary N) is 1. The van der Waals surface area contributed by atoms with Crippen molar-refractivity contribution in [3.63, 3.8) is 0 Å². The highest BCUT2D eigenvalue weighted by Gasteiger charge is 2.25. The summed E-state index contributed by atoms with van der Waals surface area (Å²) in [5, 5.41) is 8.10. The van der Waals surface area contributed by atoms with Gasteiger partial charge in [-0.2, -0.15) is 5.10 Å². The average Bonchev–Trinajstić information content (AvgIpc) is 3.69. The summed E-state index contributed by atoms with van der Waals surface area (Å²) in [6.07, 6.45) is 2.26. The molecule has 1 amide bonds. The topological polar surface area (TPSA) is 116 Å². The Bertz CT molecular complexity index is 1510. The average molecular weight is 526 g/mol. The van der Waals surface area contributed by atoms with Crippen molar-refractivity contribution in [2.45, 2.75) is 38.8 Å². The molecule has 0 spiro atoms. The molecule has 200 valence electrons. The smallest absolute Gasteiger partial charge is 0.248 e. The molecule has 0 bridgehead atoms. The molecule has 4 aromatic rings. The molecule has 1 aromatic heterocycles. The molecule has 1 unspecified atom stereocenters. The molecule has 3 aromatic carbocycles. The molecule has 1 saturated carbocycles. The second-order valence-corrected chi connectivity index (χ2v) is 10.2. The van der Waals surface area contributed by atoms with Gasteiger partial charge in [-0.1, -0.05) is 36.4 Å². The number of aromatic nitrogens is 2. The first-order valence-corrected chi connectivity index (χ1v) is 13.1. The van der Waals surface area contributed by atoms with E-state index in [1.165, 1.54) is 18.9 Å². The van der Waals surface area contributed by atoms with E-state index in [0.29, 0.717) is 35.0 Å². The number of nitrogens with two attached hydrogens (primary N) is 2. The fourth-order valence-corrected chi connectivity index (χ4v) is 4.76. The number of carbonyl (C=O) groups is 2. The normalized spacial score (nSPS) is 13.8. The highest BCUT2D eigenvalue weighted by molar-refractivity contribution is 5.96. The number of amides is 1. The largest absolute Gasteiger partial charge is 0.366 e. The summed E-state index contributed by atoms with van der Waals surface area (Å²) in [5.74, 6) is -0.542. The highest BCUT2D eigenvalue weighted by Crippen LogP contribution is 2.31. The van der Waals surface area contributed by atoms with E-state index in [1.807, 2.05) is 43.3 Å². The van der Waals surface area contributed by atoms with Crippen molar-refractivity contribution in [1.29, 1.82) is 0 Å². The van der Waals surface area contributed by atoms with Gasteiger partial charge in [0.25, 0.3) is 0 Å². The Hall–Kier alpha value is -4.14. The van der Waals surface area contributed by atoms with Crippen LogP contribution in [0.4, 0.5) is 4.39 Å². The van der Waals surface area contributed by atoms with Gasteiger partial charge in [-0.15, -0.1) is 0 Å². The van der Waals surface area contributed by atoms with Crippen molar-refractivity contribution in [3.8, 4) is 5.69 Å². The second-order valence-electron chi connectivity index (χ2n) is 10.2. The quantitative estimate of drug-likeness (QED) is 0.251. The first kappa shape index (κ1) is 26.5. The van der Waals surface area contributed by atoms with E-state index in [0.717, 1.165) is 28.9 Å². The molecule has 5 rings (SSSR count). The summed E-state index contributed by atoms with van der Waals surface area (Å²) in [6, 6.07) is 21.0. The van der Waals surface area contributed by atoms with Crippen LogP contribution >= 0.6 is 0 Å². The minimum absolute atomic E-state index is 0.114. The number of hydrogen-bond donors (Lipinski definition) is 3. The Morgan fingerprint density at radius 2 is 1.79 bits per heavy atom. The molecule has 5 N–H and O–H groups in total. The molecule has 39 heavy (non-hydrogen) atoms. The Morgan fingerprint density at radius 1 is 1.05 bits per heavy atom. The summed E-state index contributed by atoms with van der Waals surface area (Å²) >= 11 is 0. The van der Waals surface area contributed by atoms with Crippen LogP contribution in [0.25, 0.3) is 5.69 Å². The van der Waals surface area contributed by atoms with Gasteiger partial charge in [0.2, 0.25) is 5.91 Å². The van der Waals surface area contributed by atoms with E-state index in [1.54, 1.807) is 35.0 Å². The third-order valence-corrected chi connectivity index (χ3v) is 7.10. The van der Waals surface area contributed by atoms with Crippen LogP contribution in [0.2, 0.25) is 0 Å². The van der Waals surface area contributed by atoms with E-state index in [2.05, 4.69) is 10.4 Å². The van der Waals surface area contributed by atoms with Crippen LogP contribution in [0.1, 0.15) is 67.7 Å². The van der Waals surface area contributed by atoms with Crippen molar-refractivity contribution in [1.82, 2.24) is 15.1 Å². The van der Waals surface area contributed by atoms with E-state index in [4.69, 9.17) is 11.5 Å². The molecule has 7 nitrogen and oxygen atoms in total. The predicted octanol–water partition coefficient (Wildman–Crippen LogP) is 4.39. The zero-order valence-electron chi connectivity index (χ0n) is 21.9. The minimum Gasteiger partial charge on any atom is -0.366 e. The van der Waals surface area contributed by atoms with Crippen molar-refractivity contribution < 1.29 is 14.0 Å². The molecular formula is C31H32FN5O2. The number of hydrogen-bond acceptors (Lipinski definition) is 5. The van der Waals surface area contributed by atoms with Crippen molar-refractivity contribution in [2.75, 3.05) is 6.54 Å². The number of carbonyl (C=O) groups excluding carboxylic acids is 2. The van der Waals surface area contributed by atoms with Gasteiger partial charge in [-0.05, 0) is 90.9 Å². The number of nitrogens with zero attached hydrogens (tertiary/aromatic N) is 2. The van der Waals surface area contributed by atoms with Crippen molar-refractivity contribution in [3.05, 3.63) is 118 Å². The highest BCUT2D eigenvalue weighted by atomic mass is 19.1. The maximum Gasteiger partial charge on any atom is 0.248 e. The fraction of sp³-hybridized carbons (Fsp3) is 0.258. The molecule has 1 atom stereocenters. The first-order valence-electron chi connectivity index (χ1n) is 13.1. The summed E-state index contributed by atoms with van der Waals surface area (Å²) in [6.45, 7) is 3.02. The number of rotatable bonds is 11. The lowest BCUT2D eigenvalue weighted by Gasteiger charge is -2.21. The number of ketones is 1. The van der Waals surface area contributed by atoms with Gasteiger partial charge in [0.15, 0.2) is 5.78 Å². The molecular weight excluding hydrogens is 493 g/mol. The van der Waals surface area contributed by atoms with E-state index >= 15 is 4.39 Å². The van der Waals surface area contributed by atoms with E-state index in [-0.39, 0.29) is 18.2 Å². The van der Waals surface area contributed by atoms with E-state index in [9.17, 15) is 9.59 Å². The zero-order chi connectivity index (χ0) is 27.5. The van der Waals surface area contributed by atoms with Crippen molar-refractivity contribution in [2.24, 2.45) is 17.4 Å². The summed E-state index contributed by atoms with van der Waals surface area (Å²) in [4.78, 5) is 25.0. The number of Topliss-reactive ketones (excluding diaryl/α,β-unsaturated/α-hetero) is 1. The van der Waals surface area contributed by atoms with Crippen LogP contribution in [0.3, 0.4) is 0 Å². The van der Waals surface area contributed by atoms with Gasteiger partial charge < -0.3 is 16.8 Å². The molecule has 0 radical (unpaired) electrons. The maximum atomic E-state index is 15.0. The van der Waals surface area contributed by atoms with Crippen LogP contribution in [-0.2, 0) is 13.0 Å². The molecule has 0 saturated heterocycles. The monoisotopic (exact) mass is 525 g/mol. The molecule has 0 aliphatic heterocycles. The standard InChI is InChI=1S/C31H32FN5O2/c1-19-13-28(37(36-19)26-4-2-3-21(14-26)17-33)29(38)16-25-15-24(11-12-27(25)32)30(35-18-20-5-6-20)22-7-9-23(10-8-22)31(34)39/h2-4,7-15,20,30,35H,5-6,16-18,33H2,1H3,(H2,34,39). The Kier molecular flexibility index (Phi) is 7.67. The van der Waals surface area contributed by atoms with Crippen LogP contribution in [0, 0.1) is 18.7 Å². The summed E-state index contributed by atoms with van der Waals surface area (Å²) in [7, 11) is 0. The summed E-state index contributed by atoms with van der Waals surface area (Å²) in [5.41, 5.74) is 16.4. The molecule has 1 heterocycles. The number of benzene rings is 3. The van der Waals surface area contributed by atoms with Gasteiger partial charge in [0.1, 0.15) is 11.5 Å². The number of primary amides is 1. The van der Waals surface area contributed by atoms with E-state index < -0.39 is 11.7 Å². The molecule has 1 aliphatic rings. The van der Waals surface area contributed by atoms with Crippen LogP contribution < -0.4 is 16.8 Å². The lowest BCUT2D eigenvalue weighted by molar-refractivity contribution is 0.0981. The summed E-state index contributed by atoms with van der Waals surface area (Å²) < 4.78 is 16.6. The second kappa shape index (κ2) is 11.3. The van der Waals surface area contributed by atoms with Gasteiger partial charge >= 0.3 is 0 Å². The molecule has 8 heteroatoms. The SMILES string of the molecule is Cc1cc(C(=O)Cc2cc(C(NCC3CC3)c3ccc(C(N)=O)cc3)ccc2F)n(-c2cccc(CN)c2)n1. The minimum atomic E-state index is -0.490. The first-order chi connectivity index (χ1) is 18.8. The fourth-order valence-electron chi connectivity index (χ4n) is 4.76. The Morgan fingerprint density at radius 3 is 2.49 bits per heavy atom. The number of aryl methyl sites for hydroxylation is 1. The Balaban J connectivity index is 1.44. The lowest BCUT2D eigenvalue weighted by atomic mass is 9.94. The Labute approximate surface area is 227 Å². The third-order valence-electron chi connectivity index (χ3n) is 7.10. The molecule has 1 fully saturated rings. The van der Waals surface area contributed by atoms with Crippen molar-refractivity contribution >= 4 is 11.7 Å². The third kappa shape index (κ3) is 6.13. The van der Waals surface area contributed by atoms with Crippen LogP contribution in [-0.4, -0.2) is 28.0 Å². The zero-order valence-corrected chi connectivity index (χ0v) is 21.9.